The van der Waals surface area contributed by atoms with E-state index in [1.54, 1.807) is 0 Å². The molecule has 0 saturated carbocycles. The first kappa shape index (κ1) is 19.3. The van der Waals surface area contributed by atoms with Crippen molar-refractivity contribution in [1.29, 1.82) is 0 Å². The van der Waals surface area contributed by atoms with Gasteiger partial charge in [0.15, 0.2) is 0 Å². The van der Waals surface area contributed by atoms with Gasteiger partial charge in [-0.3, -0.25) is 9.59 Å². The number of nitrogens with one attached hydrogen (secondary N) is 1. The number of carboxylic acid groups (broad SMARTS) is 1. The summed E-state index contributed by atoms with van der Waals surface area (Å²) < 4.78 is 0. The lowest BCUT2D eigenvalue weighted by atomic mass is 10.1. The predicted octanol–water partition coefficient (Wildman–Crippen LogP) is 0.0786. The standard InChI is InChI=1S/C17H22N2O5S/c1-10(16(22)19-9-12(20)8-13(19)17(23)24)18-15(21)14(25)7-11-5-3-2-4-6-11/h2-6,10,12-14,20,25H,7-9H2,1H3,(H,18,21)(H,23,24)/t10-,12?,13-,14?/m0/s1. The molecule has 0 bridgehead atoms. The number of carbonyl (C=O) groups is 3. The third kappa shape index (κ3) is 4.96. The first-order chi connectivity index (χ1) is 11.8. The molecule has 0 aliphatic carbocycles. The number of nitrogens with zero attached hydrogens (tertiary/aromatic N) is 1. The Bertz CT molecular complexity index is 639. The van der Waals surface area contributed by atoms with Gasteiger partial charge < -0.3 is 20.4 Å². The van der Waals surface area contributed by atoms with Crippen LogP contribution in [0.25, 0.3) is 0 Å². The van der Waals surface area contributed by atoms with Gasteiger partial charge in [0.1, 0.15) is 12.1 Å². The van der Waals surface area contributed by atoms with Gasteiger partial charge in [-0.25, -0.2) is 4.79 Å². The third-order valence-electron chi connectivity index (χ3n) is 4.15. The molecule has 3 N–H and O–H groups in total. The second kappa shape index (κ2) is 8.35. The van der Waals surface area contributed by atoms with Gasteiger partial charge in [0.2, 0.25) is 11.8 Å². The first-order valence-electron chi connectivity index (χ1n) is 8.03. The molecule has 2 amide bonds. The Morgan fingerprint density at radius 3 is 2.56 bits per heavy atom. The molecule has 0 aromatic heterocycles. The van der Waals surface area contributed by atoms with Gasteiger partial charge in [0.25, 0.3) is 0 Å². The number of benzene rings is 1. The lowest BCUT2D eigenvalue weighted by molar-refractivity contribution is -0.149. The van der Waals surface area contributed by atoms with E-state index in [-0.39, 0.29) is 13.0 Å². The van der Waals surface area contributed by atoms with E-state index in [1.807, 2.05) is 30.3 Å². The van der Waals surface area contributed by atoms with Crippen LogP contribution in [0.15, 0.2) is 30.3 Å². The zero-order valence-corrected chi connectivity index (χ0v) is 14.7. The highest BCUT2D eigenvalue weighted by molar-refractivity contribution is 7.81. The van der Waals surface area contributed by atoms with Gasteiger partial charge >= 0.3 is 5.97 Å². The van der Waals surface area contributed by atoms with E-state index in [2.05, 4.69) is 17.9 Å². The number of carbonyl (C=O) groups excluding carboxylic acids is 2. The average Bonchev–Trinajstić information content (AvgIpc) is 2.97. The number of amides is 2. The minimum Gasteiger partial charge on any atom is -0.480 e. The Balaban J connectivity index is 1.93. The molecule has 1 aromatic carbocycles. The summed E-state index contributed by atoms with van der Waals surface area (Å²) in [7, 11) is 0. The molecule has 1 aliphatic rings. The quantitative estimate of drug-likeness (QED) is 0.534. The smallest absolute Gasteiger partial charge is 0.326 e. The molecule has 2 rings (SSSR count). The van der Waals surface area contributed by atoms with E-state index in [0.29, 0.717) is 6.42 Å². The van der Waals surface area contributed by atoms with Gasteiger partial charge in [0.05, 0.1) is 11.4 Å². The zero-order valence-electron chi connectivity index (χ0n) is 13.8. The van der Waals surface area contributed by atoms with Crippen LogP contribution in [0.2, 0.25) is 0 Å². The number of hydrogen-bond donors (Lipinski definition) is 4. The fraction of sp³-hybridized carbons (Fsp3) is 0.471. The van der Waals surface area contributed by atoms with Crippen molar-refractivity contribution in [3.05, 3.63) is 35.9 Å². The van der Waals surface area contributed by atoms with E-state index in [4.69, 9.17) is 5.11 Å². The van der Waals surface area contributed by atoms with Crippen molar-refractivity contribution in [2.75, 3.05) is 6.54 Å². The molecule has 4 atom stereocenters. The molecule has 7 nitrogen and oxygen atoms in total. The third-order valence-corrected chi connectivity index (χ3v) is 4.57. The highest BCUT2D eigenvalue weighted by Gasteiger charge is 2.40. The van der Waals surface area contributed by atoms with Gasteiger partial charge in [-0.1, -0.05) is 30.3 Å². The number of thiol groups is 1. The van der Waals surface area contributed by atoms with Crippen LogP contribution in [-0.4, -0.2) is 62.9 Å². The first-order valence-corrected chi connectivity index (χ1v) is 8.55. The van der Waals surface area contributed by atoms with Crippen molar-refractivity contribution < 1.29 is 24.6 Å². The fourth-order valence-electron chi connectivity index (χ4n) is 2.84. The summed E-state index contributed by atoms with van der Waals surface area (Å²) in [5, 5.41) is 20.7. The van der Waals surface area contributed by atoms with Crippen molar-refractivity contribution in [3.8, 4) is 0 Å². The van der Waals surface area contributed by atoms with Crippen LogP contribution in [0.5, 0.6) is 0 Å². The number of rotatable bonds is 6. The van der Waals surface area contributed by atoms with Crippen molar-refractivity contribution in [2.24, 2.45) is 0 Å². The Morgan fingerprint density at radius 2 is 1.96 bits per heavy atom. The molecular weight excluding hydrogens is 344 g/mol. The van der Waals surface area contributed by atoms with Crippen molar-refractivity contribution in [1.82, 2.24) is 10.2 Å². The van der Waals surface area contributed by atoms with Crippen LogP contribution in [0.1, 0.15) is 18.9 Å². The average molecular weight is 366 g/mol. The Labute approximate surface area is 151 Å². The molecule has 1 heterocycles. The topological polar surface area (TPSA) is 107 Å². The highest BCUT2D eigenvalue weighted by Crippen LogP contribution is 2.19. The van der Waals surface area contributed by atoms with E-state index >= 15 is 0 Å². The number of aliphatic carboxylic acids is 1. The summed E-state index contributed by atoms with van der Waals surface area (Å²) in [6, 6.07) is 7.40. The molecule has 2 unspecified atom stereocenters. The second-order valence-corrected chi connectivity index (χ2v) is 6.79. The number of likely N-dealkylation sites (tertiary alicyclic amines) is 1. The van der Waals surface area contributed by atoms with Crippen molar-refractivity contribution >= 4 is 30.4 Å². The lowest BCUT2D eigenvalue weighted by Gasteiger charge is -2.25. The van der Waals surface area contributed by atoms with Crippen molar-refractivity contribution in [2.45, 2.75) is 43.2 Å². The predicted molar refractivity (Wildman–Crippen MR) is 94.3 cm³/mol. The van der Waals surface area contributed by atoms with Gasteiger partial charge in [-0.2, -0.15) is 12.6 Å². The number of hydrogen-bond acceptors (Lipinski definition) is 5. The van der Waals surface area contributed by atoms with Crippen LogP contribution in [0.3, 0.4) is 0 Å². The number of aliphatic hydroxyl groups excluding tert-OH is 1. The second-order valence-electron chi connectivity index (χ2n) is 6.17. The molecular formula is C17H22N2O5S. The maximum Gasteiger partial charge on any atom is 0.326 e. The molecule has 8 heteroatoms. The Hall–Kier alpha value is -2.06. The highest BCUT2D eigenvalue weighted by atomic mass is 32.1. The van der Waals surface area contributed by atoms with Crippen LogP contribution < -0.4 is 5.32 Å². The molecule has 1 fully saturated rings. The van der Waals surface area contributed by atoms with E-state index < -0.39 is 41.2 Å². The molecule has 25 heavy (non-hydrogen) atoms. The molecule has 1 aromatic rings. The van der Waals surface area contributed by atoms with Crippen LogP contribution >= 0.6 is 12.6 Å². The maximum absolute atomic E-state index is 12.4. The normalized spacial score (nSPS) is 22.3. The molecule has 0 spiro atoms. The summed E-state index contributed by atoms with van der Waals surface area (Å²) in [6.45, 7) is 1.44. The number of carboxylic acids is 1. The van der Waals surface area contributed by atoms with Gasteiger partial charge in [0, 0.05) is 13.0 Å². The minimum absolute atomic E-state index is 0.00899. The number of β-amino-alcohol motifs (C(OH)–C–C–N with tert-alkyl or cyclic N) is 1. The molecule has 1 aliphatic heterocycles. The minimum atomic E-state index is -1.17. The monoisotopic (exact) mass is 366 g/mol. The maximum atomic E-state index is 12.4. The van der Waals surface area contributed by atoms with E-state index in [1.165, 1.54) is 6.92 Å². The summed E-state index contributed by atoms with van der Waals surface area (Å²) >= 11 is 4.28. The Morgan fingerprint density at radius 1 is 1.32 bits per heavy atom. The Kier molecular flexibility index (Phi) is 6.44. The van der Waals surface area contributed by atoms with Gasteiger partial charge in [-0.05, 0) is 18.9 Å². The largest absolute Gasteiger partial charge is 0.480 e. The lowest BCUT2D eigenvalue weighted by Crippen LogP contribution is -2.51. The zero-order chi connectivity index (χ0) is 18.6. The van der Waals surface area contributed by atoms with E-state index in [9.17, 15) is 19.5 Å². The van der Waals surface area contributed by atoms with Crippen LogP contribution in [0.4, 0.5) is 0 Å². The van der Waals surface area contributed by atoms with Crippen molar-refractivity contribution in [3.63, 3.8) is 0 Å². The summed E-state index contributed by atoms with van der Waals surface area (Å²) in [4.78, 5) is 37.0. The summed E-state index contributed by atoms with van der Waals surface area (Å²) in [5.41, 5.74) is 0.949. The van der Waals surface area contributed by atoms with E-state index in [0.717, 1.165) is 10.5 Å². The summed E-state index contributed by atoms with van der Waals surface area (Å²) in [6.07, 6.45) is -0.467. The molecule has 1 saturated heterocycles. The fourth-order valence-corrected chi connectivity index (χ4v) is 3.13. The van der Waals surface area contributed by atoms with Crippen LogP contribution in [-0.2, 0) is 20.8 Å². The number of aliphatic hydroxyl groups is 1. The van der Waals surface area contributed by atoms with Crippen LogP contribution in [0, 0.1) is 0 Å². The summed E-state index contributed by atoms with van der Waals surface area (Å²) in [5.74, 6) is -2.10. The molecule has 136 valence electrons. The molecule has 0 radical (unpaired) electrons. The van der Waals surface area contributed by atoms with Gasteiger partial charge in [-0.15, -0.1) is 0 Å². The SMILES string of the molecule is C[C@H](NC(=O)C(S)Cc1ccccc1)C(=O)N1CC(O)C[C@H]1C(=O)O.